The normalized spacial score (nSPS) is 11.6. The number of thioether (sulfide) groups is 1. The van der Waals surface area contributed by atoms with Crippen LogP contribution in [0.5, 0.6) is 5.75 Å². The van der Waals surface area contributed by atoms with Gasteiger partial charge in [-0.2, -0.15) is 0 Å². The highest BCUT2D eigenvalue weighted by Gasteiger charge is 2.15. The van der Waals surface area contributed by atoms with Crippen LogP contribution in [0, 0.1) is 0 Å². The fraction of sp³-hybridized carbons (Fsp3) is 0.423. The monoisotopic (exact) mass is 466 g/mol. The van der Waals surface area contributed by atoms with Gasteiger partial charge in [-0.05, 0) is 53.6 Å². The van der Waals surface area contributed by atoms with Crippen molar-refractivity contribution in [3.63, 3.8) is 0 Å². The number of amides is 1. The van der Waals surface area contributed by atoms with Crippen molar-refractivity contribution < 1.29 is 9.53 Å². The zero-order valence-electron chi connectivity index (χ0n) is 20.4. The van der Waals surface area contributed by atoms with Gasteiger partial charge < -0.3 is 14.6 Å². The molecule has 2 aromatic carbocycles. The maximum atomic E-state index is 12.4. The Labute approximate surface area is 201 Å². The maximum absolute atomic E-state index is 12.4. The van der Waals surface area contributed by atoms with Gasteiger partial charge in [0.25, 0.3) is 0 Å². The molecule has 7 heteroatoms. The summed E-state index contributed by atoms with van der Waals surface area (Å²) in [4.78, 5) is 12.4. The molecular formula is C26H34N4O2S. The van der Waals surface area contributed by atoms with E-state index >= 15 is 0 Å². The van der Waals surface area contributed by atoms with Crippen molar-refractivity contribution in [2.24, 2.45) is 0 Å². The third kappa shape index (κ3) is 6.84. The van der Waals surface area contributed by atoms with E-state index in [1.165, 1.54) is 22.9 Å². The first-order valence-corrected chi connectivity index (χ1v) is 12.3. The van der Waals surface area contributed by atoms with Crippen molar-refractivity contribution in [2.45, 2.75) is 71.2 Å². The molecule has 0 saturated heterocycles. The third-order valence-corrected chi connectivity index (χ3v) is 6.36. The highest BCUT2D eigenvalue weighted by molar-refractivity contribution is 7.99. The molecule has 0 aliphatic heterocycles. The van der Waals surface area contributed by atoms with Crippen LogP contribution in [0.4, 0.5) is 5.69 Å². The van der Waals surface area contributed by atoms with Gasteiger partial charge in [-0.3, -0.25) is 4.79 Å². The third-order valence-electron chi connectivity index (χ3n) is 5.39. The summed E-state index contributed by atoms with van der Waals surface area (Å²) in [6.07, 6.45) is 0. The molecule has 0 radical (unpaired) electrons. The predicted octanol–water partition coefficient (Wildman–Crippen LogP) is 6.03. The molecule has 176 valence electrons. The van der Waals surface area contributed by atoms with Gasteiger partial charge in [0.2, 0.25) is 5.91 Å². The van der Waals surface area contributed by atoms with E-state index in [2.05, 4.69) is 62.3 Å². The van der Waals surface area contributed by atoms with Gasteiger partial charge in [0.15, 0.2) is 11.0 Å². The zero-order valence-corrected chi connectivity index (χ0v) is 21.2. The lowest BCUT2D eigenvalue weighted by Crippen LogP contribution is -2.15. The Hall–Kier alpha value is -2.80. The largest absolute Gasteiger partial charge is 0.486 e. The number of rotatable bonds is 9. The van der Waals surface area contributed by atoms with Crippen LogP contribution < -0.4 is 10.1 Å². The number of nitrogens with zero attached hydrogens (tertiary/aromatic N) is 3. The van der Waals surface area contributed by atoms with E-state index in [1.807, 2.05) is 47.9 Å². The maximum Gasteiger partial charge on any atom is 0.234 e. The summed E-state index contributed by atoms with van der Waals surface area (Å²) in [6.45, 7) is 13.9. The molecule has 3 aromatic rings. The first-order chi connectivity index (χ1) is 15.7. The summed E-state index contributed by atoms with van der Waals surface area (Å²) in [6, 6.07) is 16.1. The van der Waals surface area contributed by atoms with Gasteiger partial charge in [0.1, 0.15) is 12.4 Å². The first kappa shape index (κ1) is 24.8. The highest BCUT2D eigenvalue weighted by Crippen LogP contribution is 2.25. The van der Waals surface area contributed by atoms with Crippen LogP contribution in [-0.4, -0.2) is 26.4 Å². The van der Waals surface area contributed by atoms with Crippen LogP contribution in [0.2, 0.25) is 0 Å². The Morgan fingerprint density at radius 2 is 1.73 bits per heavy atom. The number of aromatic nitrogens is 3. The van der Waals surface area contributed by atoms with Crippen molar-refractivity contribution in [2.75, 3.05) is 11.1 Å². The van der Waals surface area contributed by atoms with E-state index in [4.69, 9.17) is 4.74 Å². The number of hydrogen-bond donors (Lipinski definition) is 1. The molecule has 1 amide bonds. The van der Waals surface area contributed by atoms with E-state index < -0.39 is 0 Å². The number of carbonyl (C=O) groups is 1. The number of benzene rings is 2. The Balaban J connectivity index is 1.55. The van der Waals surface area contributed by atoms with Gasteiger partial charge in [-0.15, -0.1) is 10.2 Å². The number of carbonyl (C=O) groups excluding carboxylic acids is 1. The van der Waals surface area contributed by atoms with Gasteiger partial charge in [-0.25, -0.2) is 0 Å². The Kier molecular flexibility index (Phi) is 8.19. The molecule has 0 spiro atoms. The van der Waals surface area contributed by atoms with Gasteiger partial charge in [-0.1, -0.05) is 70.6 Å². The van der Waals surface area contributed by atoms with Crippen molar-refractivity contribution in [1.29, 1.82) is 0 Å². The lowest BCUT2D eigenvalue weighted by atomic mass is 9.87. The summed E-state index contributed by atoms with van der Waals surface area (Å²) in [5, 5.41) is 12.2. The number of hydrogen-bond acceptors (Lipinski definition) is 5. The second-order valence-electron chi connectivity index (χ2n) is 9.32. The molecule has 0 unspecified atom stereocenters. The molecule has 1 heterocycles. The summed E-state index contributed by atoms with van der Waals surface area (Å²) >= 11 is 1.38. The first-order valence-electron chi connectivity index (χ1n) is 11.4. The van der Waals surface area contributed by atoms with Crippen LogP contribution in [0.1, 0.15) is 64.4 Å². The van der Waals surface area contributed by atoms with E-state index in [-0.39, 0.29) is 17.1 Å². The molecule has 1 aromatic heterocycles. The molecule has 0 saturated carbocycles. The molecule has 0 aliphatic carbocycles. The standard InChI is InChI=1S/C26H34N4O2S/c1-7-30-23(16-32-22-14-10-20(11-15-22)26(4,5)6)28-29-25(30)33-17-24(31)27-21-12-8-19(9-13-21)18(2)3/h8-15,18H,7,16-17H2,1-6H3,(H,27,31). The van der Waals surface area contributed by atoms with Crippen molar-refractivity contribution >= 4 is 23.4 Å². The SMILES string of the molecule is CCn1c(COc2ccc(C(C)(C)C)cc2)nnc1SCC(=O)Nc1ccc(C(C)C)cc1. The summed E-state index contributed by atoms with van der Waals surface area (Å²) in [7, 11) is 0. The summed E-state index contributed by atoms with van der Waals surface area (Å²) in [5.74, 6) is 2.20. The zero-order chi connectivity index (χ0) is 24.0. The Morgan fingerprint density at radius 1 is 1.06 bits per heavy atom. The van der Waals surface area contributed by atoms with Crippen LogP contribution in [0.3, 0.4) is 0 Å². The number of anilines is 1. The molecule has 1 N–H and O–H groups in total. The lowest BCUT2D eigenvalue weighted by Gasteiger charge is -2.19. The molecule has 3 rings (SSSR count). The van der Waals surface area contributed by atoms with Crippen LogP contribution in [0.25, 0.3) is 0 Å². The van der Waals surface area contributed by atoms with Gasteiger partial charge in [0.05, 0.1) is 5.75 Å². The lowest BCUT2D eigenvalue weighted by molar-refractivity contribution is -0.113. The minimum atomic E-state index is -0.0697. The van der Waals surface area contributed by atoms with Crippen molar-refractivity contribution in [3.8, 4) is 5.75 Å². The van der Waals surface area contributed by atoms with E-state index in [0.29, 0.717) is 24.2 Å². The molecule has 0 atom stereocenters. The second-order valence-corrected chi connectivity index (χ2v) is 10.3. The second kappa shape index (κ2) is 10.9. The number of ether oxygens (including phenoxy) is 1. The fourth-order valence-corrected chi connectivity index (χ4v) is 4.15. The average molecular weight is 467 g/mol. The highest BCUT2D eigenvalue weighted by atomic mass is 32.2. The van der Waals surface area contributed by atoms with Crippen molar-refractivity contribution in [3.05, 3.63) is 65.5 Å². The number of nitrogens with one attached hydrogen (secondary N) is 1. The smallest absolute Gasteiger partial charge is 0.234 e. The predicted molar refractivity (Wildman–Crippen MR) is 135 cm³/mol. The van der Waals surface area contributed by atoms with Crippen LogP contribution in [0.15, 0.2) is 53.7 Å². The quantitative estimate of drug-likeness (QED) is 0.390. The van der Waals surface area contributed by atoms with E-state index in [9.17, 15) is 4.79 Å². The molecule has 33 heavy (non-hydrogen) atoms. The Bertz CT molecular complexity index is 1050. The molecule has 0 fully saturated rings. The molecular weight excluding hydrogens is 432 g/mol. The molecule has 0 bridgehead atoms. The van der Waals surface area contributed by atoms with Crippen LogP contribution >= 0.6 is 11.8 Å². The van der Waals surface area contributed by atoms with Gasteiger partial charge >= 0.3 is 0 Å². The summed E-state index contributed by atoms with van der Waals surface area (Å²) in [5.41, 5.74) is 3.42. The summed E-state index contributed by atoms with van der Waals surface area (Å²) < 4.78 is 7.92. The molecule has 0 aliphatic rings. The van der Waals surface area contributed by atoms with Gasteiger partial charge in [0, 0.05) is 12.2 Å². The van der Waals surface area contributed by atoms with Crippen molar-refractivity contribution in [1.82, 2.24) is 14.8 Å². The Morgan fingerprint density at radius 3 is 2.30 bits per heavy atom. The topological polar surface area (TPSA) is 69.0 Å². The minimum absolute atomic E-state index is 0.0697. The molecule has 6 nitrogen and oxygen atoms in total. The van der Waals surface area contributed by atoms with E-state index in [1.54, 1.807) is 0 Å². The van der Waals surface area contributed by atoms with E-state index in [0.717, 1.165) is 17.3 Å². The van der Waals surface area contributed by atoms with Crippen LogP contribution in [-0.2, 0) is 23.4 Å². The fourth-order valence-electron chi connectivity index (χ4n) is 3.33. The minimum Gasteiger partial charge on any atom is -0.486 e. The average Bonchev–Trinajstić information content (AvgIpc) is 3.18.